The van der Waals surface area contributed by atoms with Gasteiger partial charge >= 0.3 is 5.69 Å². The lowest BCUT2D eigenvalue weighted by Gasteiger charge is -2.05. The molecule has 0 aromatic carbocycles. The maximum absolute atomic E-state index is 12.4. The van der Waals surface area contributed by atoms with Crippen LogP contribution in [0.25, 0.3) is 0 Å². The van der Waals surface area contributed by atoms with Crippen molar-refractivity contribution in [2.45, 2.75) is 11.3 Å². The summed E-state index contributed by atoms with van der Waals surface area (Å²) in [6, 6.07) is 0. The van der Waals surface area contributed by atoms with Crippen LogP contribution in [0.15, 0.2) is 15.6 Å². The predicted molar refractivity (Wildman–Crippen MR) is 56.6 cm³/mol. The SMILES string of the molecule is O=[N+]([O-])c1c(S(=O)(=O)Cl)cnc(C(F)F)c1Br. The van der Waals surface area contributed by atoms with Crippen LogP contribution in [-0.2, 0) is 9.05 Å². The van der Waals surface area contributed by atoms with Crippen molar-refractivity contribution in [3.05, 3.63) is 26.5 Å². The Morgan fingerprint density at radius 2 is 2.06 bits per heavy atom. The number of nitro groups is 1. The fourth-order valence-electron chi connectivity index (χ4n) is 0.976. The normalized spacial score (nSPS) is 11.8. The summed E-state index contributed by atoms with van der Waals surface area (Å²) in [6.07, 6.45) is -2.66. The third-order valence-corrected chi connectivity index (χ3v) is 3.74. The molecule has 1 rings (SSSR count). The molecule has 17 heavy (non-hydrogen) atoms. The molecule has 0 bridgehead atoms. The van der Waals surface area contributed by atoms with Gasteiger partial charge in [-0.2, -0.15) is 0 Å². The lowest BCUT2D eigenvalue weighted by atomic mass is 10.3. The van der Waals surface area contributed by atoms with E-state index in [1.54, 1.807) is 0 Å². The van der Waals surface area contributed by atoms with Crippen LogP contribution >= 0.6 is 26.6 Å². The van der Waals surface area contributed by atoms with E-state index in [4.69, 9.17) is 10.7 Å². The van der Waals surface area contributed by atoms with E-state index in [2.05, 4.69) is 20.9 Å². The first-order valence-electron chi connectivity index (χ1n) is 3.72. The average Bonchev–Trinajstić information content (AvgIpc) is 2.14. The van der Waals surface area contributed by atoms with Gasteiger partial charge in [-0.3, -0.25) is 15.1 Å². The number of pyridine rings is 1. The first-order valence-corrected chi connectivity index (χ1v) is 6.82. The van der Waals surface area contributed by atoms with Gasteiger partial charge < -0.3 is 0 Å². The zero-order valence-corrected chi connectivity index (χ0v) is 10.8. The highest BCUT2D eigenvalue weighted by molar-refractivity contribution is 9.10. The molecule has 11 heteroatoms. The summed E-state index contributed by atoms with van der Waals surface area (Å²) in [5, 5.41) is 10.6. The summed E-state index contributed by atoms with van der Waals surface area (Å²) >= 11 is 2.52. The maximum atomic E-state index is 12.4. The molecule has 6 nitrogen and oxygen atoms in total. The minimum Gasteiger partial charge on any atom is -0.258 e. The van der Waals surface area contributed by atoms with Gasteiger partial charge in [0.25, 0.3) is 15.5 Å². The summed E-state index contributed by atoms with van der Waals surface area (Å²) in [6.45, 7) is 0. The third kappa shape index (κ3) is 2.87. The molecule has 0 aliphatic rings. The number of alkyl halides is 2. The molecule has 1 aromatic rings. The minimum atomic E-state index is -4.45. The molecule has 0 unspecified atom stereocenters. The molecular formula is C6H2BrClF2N2O4S. The predicted octanol–water partition coefficient (Wildman–Crippen LogP) is 2.62. The zero-order chi connectivity index (χ0) is 13.4. The average molecular weight is 352 g/mol. The number of hydrogen-bond acceptors (Lipinski definition) is 5. The van der Waals surface area contributed by atoms with E-state index in [-0.39, 0.29) is 0 Å². The van der Waals surface area contributed by atoms with Crippen LogP contribution in [0.3, 0.4) is 0 Å². The Labute approximate surface area is 106 Å². The topological polar surface area (TPSA) is 90.2 Å². The molecule has 0 saturated carbocycles. The summed E-state index contributed by atoms with van der Waals surface area (Å²) in [4.78, 5) is 11.7. The van der Waals surface area contributed by atoms with Crippen molar-refractivity contribution >= 4 is 41.4 Å². The summed E-state index contributed by atoms with van der Waals surface area (Å²) in [5.41, 5.74) is -1.99. The van der Waals surface area contributed by atoms with E-state index in [0.29, 0.717) is 6.20 Å². The molecule has 0 N–H and O–H groups in total. The number of rotatable bonds is 3. The standard InChI is InChI=1S/C6H2BrClF2N2O4S/c7-3-4(6(9)10)11-1-2(17(8,15)16)5(3)12(13)14/h1,6H. The van der Waals surface area contributed by atoms with E-state index >= 15 is 0 Å². The molecule has 1 heterocycles. The number of nitrogens with zero attached hydrogens (tertiary/aromatic N) is 2. The highest BCUT2D eigenvalue weighted by Crippen LogP contribution is 2.38. The summed E-state index contributed by atoms with van der Waals surface area (Å²) < 4.78 is 46.1. The fourth-order valence-corrected chi connectivity index (χ4v) is 2.67. The molecule has 0 saturated heterocycles. The van der Waals surface area contributed by atoms with Crippen molar-refractivity contribution < 1.29 is 22.1 Å². The minimum absolute atomic E-state index is 0.423. The molecule has 0 fully saturated rings. The van der Waals surface area contributed by atoms with Crippen molar-refractivity contribution in [2.75, 3.05) is 0 Å². The second-order valence-corrected chi connectivity index (χ2v) is 5.99. The molecular weight excluding hydrogens is 349 g/mol. The van der Waals surface area contributed by atoms with E-state index in [1.807, 2.05) is 0 Å². The summed E-state index contributed by atoms with van der Waals surface area (Å²) in [7, 11) is 0.481. The zero-order valence-electron chi connectivity index (χ0n) is 7.60. The molecule has 0 radical (unpaired) electrons. The number of halogens is 4. The number of aromatic nitrogens is 1. The van der Waals surface area contributed by atoms with Gasteiger partial charge in [-0.25, -0.2) is 17.2 Å². The molecule has 94 valence electrons. The second kappa shape index (κ2) is 4.78. The molecule has 1 aromatic heterocycles. The highest BCUT2D eigenvalue weighted by atomic mass is 79.9. The Balaban J connectivity index is 3.69. The molecule has 0 amide bonds. The van der Waals surface area contributed by atoms with Crippen LogP contribution < -0.4 is 0 Å². The Bertz CT molecular complexity index is 580. The lowest BCUT2D eigenvalue weighted by molar-refractivity contribution is -0.388. The Hall–Kier alpha value is -0.870. The van der Waals surface area contributed by atoms with E-state index < -0.39 is 41.1 Å². The van der Waals surface area contributed by atoms with Crippen molar-refractivity contribution in [2.24, 2.45) is 0 Å². The van der Waals surface area contributed by atoms with Crippen LogP contribution in [0.4, 0.5) is 14.5 Å². The first-order chi connectivity index (χ1) is 7.66. The lowest BCUT2D eigenvalue weighted by Crippen LogP contribution is -2.04. The van der Waals surface area contributed by atoms with Gasteiger partial charge in [0.2, 0.25) is 0 Å². The molecule has 0 aliphatic heterocycles. The largest absolute Gasteiger partial charge is 0.307 e. The van der Waals surface area contributed by atoms with E-state index in [1.165, 1.54) is 0 Å². The summed E-state index contributed by atoms with van der Waals surface area (Å²) in [5.74, 6) is 0. The Kier molecular flexibility index (Phi) is 3.99. The van der Waals surface area contributed by atoms with Crippen molar-refractivity contribution in [1.82, 2.24) is 4.98 Å². The van der Waals surface area contributed by atoms with Gasteiger partial charge in [0.15, 0.2) is 4.90 Å². The van der Waals surface area contributed by atoms with Gasteiger partial charge in [-0.1, -0.05) is 0 Å². The highest BCUT2D eigenvalue weighted by Gasteiger charge is 2.32. The Morgan fingerprint density at radius 3 is 2.41 bits per heavy atom. The number of hydrogen-bond donors (Lipinski definition) is 0. The maximum Gasteiger partial charge on any atom is 0.307 e. The Morgan fingerprint density at radius 1 is 1.53 bits per heavy atom. The van der Waals surface area contributed by atoms with Gasteiger partial charge in [-0.05, 0) is 15.9 Å². The van der Waals surface area contributed by atoms with E-state index in [0.717, 1.165) is 0 Å². The van der Waals surface area contributed by atoms with Crippen molar-refractivity contribution in [3.63, 3.8) is 0 Å². The monoisotopic (exact) mass is 350 g/mol. The van der Waals surface area contributed by atoms with Crippen LogP contribution in [0.2, 0.25) is 0 Å². The van der Waals surface area contributed by atoms with Gasteiger partial charge in [0.1, 0.15) is 10.2 Å². The van der Waals surface area contributed by atoms with Gasteiger partial charge in [-0.15, -0.1) is 0 Å². The van der Waals surface area contributed by atoms with Crippen LogP contribution in [-0.4, -0.2) is 18.3 Å². The van der Waals surface area contributed by atoms with Crippen molar-refractivity contribution in [3.8, 4) is 0 Å². The third-order valence-electron chi connectivity index (χ3n) is 1.64. The molecule has 0 spiro atoms. The van der Waals surface area contributed by atoms with E-state index in [9.17, 15) is 27.3 Å². The van der Waals surface area contributed by atoms with Crippen LogP contribution in [0, 0.1) is 10.1 Å². The quantitative estimate of drug-likeness (QED) is 0.474. The smallest absolute Gasteiger partial charge is 0.258 e. The molecule has 0 atom stereocenters. The van der Waals surface area contributed by atoms with Crippen LogP contribution in [0.5, 0.6) is 0 Å². The van der Waals surface area contributed by atoms with Gasteiger partial charge in [0, 0.05) is 10.7 Å². The molecule has 0 aliphatic carbocycles. The second-order valence-electron chi connectivity index (χ2n) is 2.67. The first kappa shape index (κ1) is 14.2. The van der Waals surface area contributed by atoms with Crippen molar-refractivity contribution in [1.29, 1.82) is 0 Å². The van der Waals surface area contributed by atoms with Gasteiger partial charge in [0.05, 0.1) is 11.1 Å². The fraction of sp³-hybridized carbons (Fsp3) is 0.167. The van der Waals surface area contributed by atoms with Crippen LogP contribution in [0.1, 0.15) is 12.1 Å².